The van der Waals surface area contributed by atoms with E-state index in [-0.39, 0.29) is 0 Å². The molecule has 0 spiro atoms. The maximum atomic E-state index is 11.4. The van der Waals surface area contributed by atoms with Gasteiger partial charge in [0.15, 0.2) is 0 Å². The molecule has 110 valence electrons. The number of nitrogens with one attached hydrogen (secondary N) is 1. The standard InChI is InChI=1S/C16H23NO2S/c1-12-6-3-4-7-14(12)20-11-5-10-16(2,15(18)19)17-13-8-9-13/h3-4,6-7,13,17H,5,8-11H2,1-2H3,(H,18,19). The van der Waals surface area contributed by atoms with E-state index >= 15 is 0 Å². The van der Waals surface area contributed by atoms with E-state index in [2.05, 4.69) is 24.4 Å². The molecule has 1 atom stereocenters. The van der Waals surface area contributed by atoms with Crippen LogP contribution in [0.3, 0.4) is 0 Å². The van der Waals surface area contributed by atoms with Gasteiger partial charge in [-0.2, -0.15) is 0 Å². The van der Waals surface area contributed by atoms with Crippen molar-refractivity contribution in [3.63, 3.8) is 0 Å². The molecule has 1 aliphatic carbocycles. The number of carboxylic acid groups (broad SMARTS) is 1. The first kappa shape index (κ1) is 15.4. The Hall–Kier alpha value is -1.00. The van der Waals surface area contributed by atoms with Crippen LogP contribution in [0.2, 0.25) is 0 Å². The first-order valence-corrected chi connectivity index (χ1v) is 8.19. The molecule has 1 aliphatic rings. The van der Waals surface area contributed by atoms with Crippen molar-refractivity contribution < 1.29 is 9.90 Å². The average molecular weight is 293 g/mol. The van der Waals surface area contributed by atoms with E-state index < -0.39 is 11.5 Å². The van der Waals surface area contributed by atoms with Gasteiger partial charge in [-0.05, 0) is 56.9 Å². The molecule has 3 nitrogen and oxygen atoms in total. The molecule has 20 heavy (non-hydrogen) atoms. The maximum absolute atomic E-state index is 11.4. The summed E-state index contributed by atoms with van der Waals surface area (Å²) in [7, 11) is 0. The molecule has 0 saturated heterocycles. The third-order valence-corrected chi connectivity index (χ3v) is 5.01. The van der Waals surface area contributed by atoms with Crippen LogP contribution in [0.15, 0.2) is 29.2 Å². The Balaban J connectivity index is 1.78. The molecule has 1 saturated carbocycles. The summed E-state index contributed by atoms with van der Waals surface area (Å²) in [5.74, 6) is 0.227. The van der Waals surface area contributed by atoms with E-state index in [4.69, 9.17) is 0 Å². The van der Waals surface area contributed by atoms with Gasteiger partial charge in [0.2, 0.25) is 0 Å². The highest BCUT2D eigenvalue weighted by Crippen LogP contribution is 2.27. The summed E-state index contributed by atoms with van der Waals surface area (Å²) in [5, 5.41) is 12.7. The summed E-state index contributed by atoms with van der Waals surface area (Å²) < 4.78 is 0. The highest BCUT2D eigenvalue weighted by molar-refractivity contribution is 7.99. The fourth-order valence-electron chi connectivity index (χ4n) is 2.25. The van der Waals surface area contributed by atoms with Crippen molar-refractivity contribution >= 4 is 17.7 Å². The SMILES string of the molecule is Cc1ccccc1SCCCC(C)(NC1CC1)C(=O)O. The lowest BCUT2D eigenvalue weighted by atomic mass is 9.96. The number of benzene rings is 1. The Kier molecular flexibility index (Phi) is 5.11. The van der Waals surface area contributed by atoms with Gasteiger partial charge in [0.05, 0.1) is 0 Å². The van der Waals surface area contributed by atoms with Crippen LogP contribution in [0.4, 0.5) is 0 Å². The zero-order valence-electron chi connectivity index (χ0n) is 12.2. The molecule has 0 radical (unpaired) electrons. The van der Waals surface area contributed by atoms with Gasteiger partial charge in [-0.3, -0.25) is 10.1 Å². The van der Waals surface area contributed by atoms with Crippen molar-refractivity contribution in [1.82, 2.24) is 5.32 Å². The minimum absolute atomic E-state index is 0.417. The third-order valence-electron chi connectivity index (χ3n) is 3.74. The van der Waals surface area contributed by atoms with Gasteiger partial charge < -0.3 is 5.11 Å². The molecular weight excluding hydrogens is 270 g/mol. The van der Waals surface area contributed by atoms with E-state index in [0.29, 0.717) is 12.5 Å². The predicted molar refractivity (Wildman–Crippen MR) is 83.3 cm³/mol. The topological polar surface area (TPSA) is 49.3 Å². The number of aryl methyl sites for hydroxylation is 1. The Morgan fingerprint density at radius 1 is 1.45 bits per heavy atom. The molecule has 1 fully saturated rings. The van der Waals surface area contributed by atoms with Gasteiger partial charge in [-0.15, -0.1) is 11.8 Å². The zero-order chi connectivity index (χ0) is 14.6. The number of carboxylic acids is 1. The average Bonchev–Trinajstić information content (AvgIpc) is 3.20. The lowest BCUT2D eigenvalue weighted by Crippen LogP contribution is -2.50. The lowest BCUT2D eigenvalue weighted by Gasteiger charge is -2.26. The van der Waals surface area contributed by atoms with E-state index in [9.17, 15) is 9.90 Å². The van der Waals surface area contributed by atoms with Gasteiger partial charge in [0, 0.05) is 10.9 Å². The molecule has 0 amide bonds. The number of hydrogen-bond donors (Lipinski definition) is 2. The molecule has 2 N–H and O–H groups in total. The number of hydrogen-bond acceptors (Lipinski definition) is 3. The molecule has 0 bridgehead atoms. The Bertz CT molecular complexity index is 473. The molecule has 1 aromatic rings. The van der Waals surface area contributed by atoms with Crippen molar-refractivity contribution in [3.8, 4) is 0 Å². The van der Waals surface area contributed by atoms with Crippen LogP contribution in [0.1, 0.15) is 38.2 Å². The smallest absolute Gasteiger partial charge is 0.323 e. The maximum Gasteiger partial charge on any atom is 0.323 e. The summed E-state index contributed by atoms with van der Waals surface area (Å²) in [6.07, 6.45) is 3.81. The molecular formula is C16H23NO2S. The normalized spacial score (nSPS) is 17.7. The van der Waals surface area contributed by atoms with E-state index in [0.717, 1.165) is 25.0 Å². The summed E-state index contributed by atoms with van der Waals surface area (Å²) >= 11 is 1.81. The third kappa shape index (κ3) is 4.25. The lowest BCUT2D eigenvalue weighted by molar-refractivity contribution is -0.144. The quantitative estimate of drug-likeness (QED) is 0.569. The van der Waals surface area contributed by atoms with Gasteiger partial charge in [0.25, 0.3) is 0 Å². The summed E-state index contributed by atoms with van der Waals surface area (Å²) in [5.41, 5.74) is 0.516. The largest absolute Gasteiger partial charge is 0.480 e. The van der Waals surface area contributed by atoms with Gasteiger partial charge >= 0.3 is 5.97 Å². The molecule has 0 heterocycles. The van der Waals surface area contributed by atoms with Crippen LogP contribution in [0, 0.1) is 6.92 Å². The van der Waals surface area contributed by atoms with Gasteiger partial charge in [-0.1, -0.05) is 18.2 Å². The van der Waals surface area contributed by atoms with E-state index in [1.807, 2.05) is 30.8 Å². The predicted octanol–water partition coefficient (Wildman–Crippen LogP) is 3.46. The first-order valence-electron chi connectivity index (χ1n) is 7.21. The van der Waals surface area contributed by atoms with Crippen LogP contribution in [0.5, 0.6) is 0 Å². The second-order valence-corrected chi connectivity index (χ2v) is 6.91. The van der Waals surface area contributed by atoms with Crippen molar-refractivity contribution in [2.75, 3.05) is 5.75 Å². The van der Waals surface area contributed by atoms with Crippen LogP contribution in [-0.2, 0) is 4.79 Å². The minimum atomic E-state index is -0.770. The second kappa shape index (κ2) is 6.64. The summed E-state index contributed by atoms with van der Waals surface area (Å²) in [6.45, 7) is 3.92. The van der Waals surface area contributed by atoms with Crippen molar-refractivity contribution in [1.29, 1.82) is 0 Å². The Morgan fingerprint density at radius 3 is 2.75 bits per heavy atom. The first-order chi connectivity index (χ1) is 9.51. The second-order valence-electron chi connectivity index (χ2n) is 5.77. The summed E-state index contributed by atoms with van der Waals surface area (Å²) in [6, 6.07) is 8.74. The Morgan fingerprint density at radius 2 is 2.15 bits per heavy atom. The van der Waals surface area contributed by atoms with E-state index in [1.165, 1.54) is 10.5 Å². The molecule has 2 rings (SSSR count). The highest BCUT2D eigenvalue weighted by atomic mass is 32.2. The minimum Gasteiger partial charge on any atom is -0.480 e. The molecule has 1 unspecified atom stereocenters. The molecule has 0 aromatic heterocycles. The fraction of sp³-hybridized carbons (Fsp3) is 0.562. The summed E-state index contributed by atoms with van der Waals surface area (Å²) in [4.78, 5) is 12.7. The van der Waals surface area contributed by atoms with Crippen LogP contribution < -0.4 is 5.32 Å². The number of thioether (sulfide) groups is 1. The van der Waals surface area contributed by atoms with Gasteiger partial charge in [-0.25, -0.2) is 0 Å². The van der Waals surface area contributed by atoms with Crippen LogP contribution >= 0.6 is 11.8 Å². The van der Waals surface area contributed by atoms with Crippen molar-refractivity contribution in [3.05, 3.63) is 29.8 Å². The van der Waals surface area contributed by atoms with Crippen LogP contribution in [0.25, 0.3) is 0 Å². The highest BCUT2D eigenvalue weighted by Gasteiger charge is 2.37. The monoisotopic (exact) mass is 293 g/mol. The number of aliphatic carboxylic acids is 1. The molecule has 0 aliphatic heterocycles. The Labute approximate surface area is 125 Å². The van der Waals surface area contributed by atoms with Crippen molar-refractivity contribution in [2.45, 2.75) is 56.0 Å². The fourth-order valence-corrected chi connectivity index (χ4v) is 3.22. The number of rotatable bonds is 8. The number of carbonyl (C=O) groups is 1. The van der Waals surface area contributed by atoms with Gasteiger partial charge in [0.1, 0.15) is 5.54 Å². The van der Waals surface area contributed by atoms with Crippen molar-refractivity contribution in [2.24, 2.45) is 0 Å². The molecule has 1 aromatic carbocycles. The zero-order valence-corrected chi connectivity index (χ0v) is 13.0. The molecule has 4 heteroatoms. The van der Waals surface area contributed by atoms with E-state index in [1.54, 1.807) is 0 Å². The van der Waals surface area contributed by atoms with Crippen LogP contribution in [-0.4, -0.2) is 28.4 Å².